The highest BCUT2D eigenvalue weighted by Gasteiger charge is 2.16. The predicted octanol–water partition coefficient (Wildman–Crippen LogP) is 1.73. The Bertz CT molecular complexity index is 399. The third kappa shape index (κ3) is 3.53. The SMILES string of the molecule is O=C(Cc1ccccc1)NC(=S)N1CCCC1. The van der Waals surface area contributed by atoms with Gasteiger partial charge in [0.1, 0.15) is 0 Å². The van der Waals surface area contributed by atoms with Crippen LogP contribution in [0, 0.1) is 0 Å². The summed E-state index contributed by atoms with van der Waals surface area (Å²) in [5.41, 5.74) is 1.01. The number of carbonyl (C=O) groups excluding carboxylic acids is 1. The van der Waals surface area contributed by atoms with Crippen LogP contribution >= 0.6 is 12.2 Å². The van der Waals surface area contributed by atoms with Gasteiger partial charge < -0.3 is 10.2 Å². The summed E-state index contributed by atoms with van der Waals surface area (Å²) in [7, 11) is 0. The molecule has 1 fully saturated rings. The first-order valence-corrected chi connectivity index (χ1v) is 6.29. The molecule has 17 heavy (non-hydrogen) atoms. The number of carbonyl (C=O) groups is 1. The highest BCUT2D eigenvalue weighted by atomic mass is 32.1. The lowest BCUT2D eigenvalue weighted by molar-refractivity contribution is -0.119. The quantitative estimate of drug-likeness (QED) is 0.809. The third-order valence-corrected chi connectivity index (χ3v) is 3.21. The number of hydrogen-bond donors (Lipinski definition) is 1. The molecule has 4 heteroatoms. The molecule has 0 unspecified atom stereocenters. The van der Waals surface area contributed by atoms with Gasteiger partial charge in [-0.3, -0.25) is 4.79 Å². The molecule has 1 aliphatic rings. The number of thiocarbonyl (C=S) groups is 1. The van der Waals surface area contributed by atoms with Crippen LogP contribution in [-0.2, 0) is 11.2 Å². The zero-order valence-corrected chi connectivity index (χ0v) is 10.5. The second-order valence-corrected chi connectivity index (χ2v) is 4.60. The lowest BCUT2D eigenvalue weighted by Crippen LogP contribution is -2.41. The summed E-state index contributed by atoms with van der Waals surface area (Å²) < 4.78 is 0. The van der Waals surface area contributed by atoms with Gasteiger partial charge >= 0.3 is 0 Å². The Hall–Kier alpha value is -1.42. The van der Waals surface area contributed by atoms with Crippen molar-refractivity contribution in [2.24, 2.45) is 0 Å². The summed E-state index contributed by atoms with van der Waals surface area (Å²) in [5, 5.41) is 3.36. The van der Waals surface area contributed by atoms with Crippen LogP contribution in [0.3, 0.4) is 0 Å². The van der Waals surface area contributed by atoms with Gasteiger partial charge in [0.05, 0.1) is 6.42 Å². The molecule has 0 radical (unpaired) electrons. The van der Waals surface area contributed by atoms with Crippen LogP contribution in [-0.4, -0.2) is 29.0 Å². The van der Waals surface area contributed by atoms with Crippen molar-refractivity contribution in [1.82, 2.24) is 10.2 Å². The monoisotopic (exact) mass is 248 g/mol. The maximum atomic E-state index is 11.8. The van der Waals surface area contributed by atoms with Crippen LogP contribution in [0.25, 0.3) is 0 Å². The molecule has 1 heterocycles. The van der Waals surface area contributed by atoms with Crippen LogP contribution in [0.5, 0.6) is 0 Å². The summed E-state index contributed by atoms with van der Waals surface area (Å²) in [6.45, 7) is 1.93. The molecular weight excluding hydrogens is 232 g/mol. The lowest BCUT2D eigenvalue weighted by atomic mass is 10.1. The summed E-state index contributed by atoms with van der Waals surface area (Å²) in [6, 6.07) is 9.69. The van der Waals surface area contributed by atoms with E-state index >= 15 is 0 Å². The fraction of sp³-hybridized carbons (Fsp3) is 0.385. The molecule has 1 amide bonds. The Balaban J connectivity index is 1.83. The molecule has 1 aliphatic heterocycles. The second kappa shape index (κ2) is 5.77. The van der Waals surface area contributed by atoms with Gasteiger partial charge in [-0.25, -0.2) is 0 Å². The Labute approximate surface area is 107 Å². The first kappa shape index (κ1) is 12.0. The maximum Gasteiger partial charge on any atom is 0.230 e. The highest BCUT2D eigenvalue weighted by molar-refractivity contribution is 7.80. The van der Waals surface area contributed by atoms with Gasteiger partial charge in [-0.05, 0) is 30.6 Å². The normalized spacial score (nSPS) is 14.7. The summed E-state index contributed by atoms with van der Waals surface area (Å²) in [6.07, 6.45) is 2.71. The molecule has 0 saturated carbocycles. The fourth-order valence-electron chi connectivity index (χ4n) is 1.94. The lowest BCUT2D eigenvalue weighted by Gasteiger charge is -2.18. The Morgan fingerprint density at radius 2 is 1.88 bits per heavy atom. The molecule has 0 bridgehead atoms. The van der Waals surface area contributed by atoms with E-state index < -0.39 is 0 Å². The summed E-state index contributed by atoms with van der Waals surface area (Å²) in [4.78, 5) is 13.8. The molecule has 1 aromatic rings. The van der Waals surface area contributed by atoms with E-state index in [1.165, 1.54) is 0 Å². The average Bonchev–Trinajstić information content (AvgIpc) is 2.83. The Morgan fingerprint density at radius 3 is 2.53 bits per heavy atom. The van der Waals surface area contributed by atoms with Gasteiger partial charge in [0.2, 0.25) is 5.91 Å². The van der Waals surface area contributed by atoms with Crippen LogP contribution < -0.4 is 5.32 Å². The number of nitrogens with one attached hydrogen (secondary N) is 1. The smallest absolute Gasteiger partial charge is 0.230 e. The Morgan fingerprint density at radius 1 is 1.24 bits per heavy atom. The number of nitrogens with zero attached hydrogens (tertiary/aromatic N) is 1. The minimum atomic E-state index is -0.0342. The number of rotatable bonds is 2. The van der Waals surface area contributed by atoms with E-state index in [2.05, 4.69) is 10.2 Å². The van der Waals surface area contributed by atoms with Gasteiger partial charge in [0.15, 0.2) is 5.11 Å². The van der Waals surface area contributed by atoms with E-state index in [4.69, 9.17) is 12.2 Å². The minimum absolute atomic E-state index is 0.0342. The van der Waals surface area contributed by atoms with Crippen molar-refractivity contribution >= 4 is 23.2 Å². The third-order valence-electron chi connectivity index (χ3n) is 2.85. The van der Waals surface area contributed by atoms with E-state index in [0.717, 1.165) is 31.5 Å². The van der Waals surface area contributed by atoms with Crippen LogP contribution in [0.2, 0.25) is 0 Å². The average molecular weight is 248 g/mol. The fourth-order valence-corrected chi connectivity index (χ4v) is 2.24. The predicted molar refractivity (Wildman–Crippen MR) is 71.7 cm³/mol. The van der Waals surface area contributed by atoms with Crippen molar-refractivity contribution in [2.75, 3.05) is 13.1 Å². The van der Waals surface area contributed by atoms with E-state index in [9.17, 15) is 4.79 Å². The molecule has 0 spiro atoms. The summed E-state index contributed by atoms with van der Waals surface area (Å²) >= 11 is 5.20. The Kier molecular flexibility index (Phi) is 4.09. The number of benzene rings is 1. The standard InChI is InChI=1S/C13H16N2OS/c16-12(10-11-6-2-1-3-7-11)14-13(17)15-8-4-5-9-15/h1-3,6-7H,4-5,8-10H2,(H,14,16,17). The number of hydrogen-bond acceptors (Lipinski definition) is 2. The van der Waals surface area contributed by atoms with Crippen molar-refractivity contribution < 1.29 is 4.79 Å². The minimum Gasteiger partial charge on any atom is -0.349 e. The van der Waals surface area contributed by atoms with Crippen molar-refractivity contribution in [3.63, 3.8) is 0 Å². The molecule has 90 valence electrons. The topological polar surface area (TPSA) is 32.3 Å². The maximum absolute atomic E-state index is 11.8. The number of likely N-dealkylation sites (tertiary alicyclic amines) is 1. The highest BCUT2D eigenvalue weighted by Crippen LogP contribution is 2.07. The molecule has 0 atom stereocenters. The zero-order chi connectivity index (χ0) is 12.1. The molecule has 1 saturated heterocycles. The van der Waals surface area contributed by atoms with Crippen molar-refractivity contribution in [2.45, 2.75) is 19.3 Å². The van der Waals surface area contributed by atoms with Crippen molar-refractivity contribution in [3.8, 4) is 0 Å². The summed E-state index contributed by atoms with van der Waals surface area (Å²) in [5.74, 6) is -0.0342. The second-order valence-electron chi connectivity index (χ2n) is 4.21. The van der Waals surface area contributed by atoms with Gasteiger partial charge in [-0.15, -0.1) is 0 Å². The molecule has 1 aromatic carbocycles. The molecule has 0 aliphatic carbocycles. The molecule has 3 nitrogen and oxygen atoms in total. The van der Waals surface area contributed by atoms with E-state index in [-0.39, 0.29) is 5.91 Å². The van der Waals surface area contributed by atoms with E-state index in [1.807, 2.05) is 30.3 Å². The first-order chi connectivity index (χ1) is 8.25. The van der Waals surface area contributed by atoms with Crippen molar-refractivity contribution in [3.05, 3.63) is 35.9 Å². The first-order valence-electron chi connectivity index (χ1n) is 5.88. The van der Waals surface area contributed by atoms with Gasteiger partial charge in [0.25, 0.3) is 0 Å². The van der Waals surface area contributed by atoms with Crippen LogP contribution in [0.1, 0.15) is 18.4 Å². The molecular formula is C13H16N2OS. The van der Waals surface area contributed by atoms with Gasteiger partial charge in [-0.1, -0.05) is 30.3 Å². The van der Waals surface area contributed by atoms with Crippen LogP contribution in [0.15, 0.2) is 30.3 Å². The van der Waals surface area contributed by atoms with Gasteiger partial charge in [-0.2, -0.15) is 0 Å². The zero-order valence-electron chi connectivity index (χ0n) is 9.69. The van der Waals surface area contributed by atoms with Gasteiger partial charge in [0, 0.05) is 13.1 Å². The van der Waals surface area contributed by atoms with Crippen LogP contribution in [0.4, 0.5) is 0 Å². The molecule has 2 rings (SSSR count). The number of amides is 1. The largest absolute Gasteiger partial charge is 0.349 e. The molecule has 1 N–H and O–H groups in total. The molecule has 0 aromatic heterocycles. The van der Waals surface area contributed by atoms with E-state index in [0.29, 0.717) is 11.5 Å². The van der Waals surface area contributed by atoms with Crippen molar-refractivity contribution in [1.29, 1.82) is 0 Å². The van der Waals surface area contributed by atoms with E-state index in [1.54, 1.807) is 0 Å².